The third kappa shape index (κ3) is 4.99. The van der Waals surface area contributed by atoms with Crippen LogP contribution in [-0.2, 0) is 0 Å². The molecule has 0 aromatic carbocycles. The fraction of sp³-hybridized carbons (Fsp3) is 0.900. The normalized spacial score (nSPS) is 25.8. The lowest BCUT2D eigenvalue weighted by molar-refractivity contribution is 0.482. The van der Waals surface area contributed by atoms with Gasteiger partial charge in [-0.1, -0.05) is 26.7 Å². The molecule has 5 heteroatoms. The zero-order valence-electron chi connectivity index (χ0n) is 9.64. The van der Waals surface area contributed by atoms with Crippen LogP contribution in [0.5, 0.6) is 0 Å². The average Bonchev–Trinajstić information content (AvgIpc) is 2.82. The molecule has 0 saturated carbocycles. The van der Waals surface area contributed by atoms with Gasteiger partial charge in [-0.15, -0.1) is 0 Å². The van der Waals surface area contributed by atoms with Crippen LogP contribution < -0.4 is 21.7 Å². The van der Waals surface area contributed by atoms with Crippen LogP contribution in [0.15, 0.2) is 0 Å². The number of hydrogen-bond acceptors (Lipinski definition) is 3. The van der Waals surface area contributed by atoms with Crippen molar-refractivity contribution in [3.63, 3.8) is 0 Å². The van der Waals surface area contributed by atoms with Gasteiger partial charge in [0.2, 0.25) is 0 Å². The van der Waals surface area contributed by atoms with Gasteiger partial charge in [-0.25, -0.2) is 0 Å². The number of nitrogens with one attached hydrogen (secondary N) is 4. The molecule has 0 radical (unpaired) electrons. The van der Waals surface area contributed by atoms with Gasteiger partial charge in [0, 0.05) is 6.54 Å². The molecule has 1 aliphatic heterocycles. The molecule has 3 atom stereocenters. The maximum absolute atomic E-state index is 7.58. The van der Waals surface area contributed by atoms with Crippen molar-refractivity contribution in [2.75, 3.05) is 6.54 Å². The molecule has 0 spiro atoms. The molecule has 0 bridgehead atoms. The molecule has 0 aromatic heterocycles. The molecule has 1 rings (SSSR count). The van der Waals surface area contributed by atoms with E-state index in [2.05, 4.69) is 29.8 Å². The van der Waals surface area contributed by atoms with Crippen molar-refractivity contribution in [2.45, 2.75) is 45.4 Å². The molecule has 1 heterocycles. The van der Waals surface area contributed by atoms with Gasteiger partial charge in [0.05, 0.1) is 6.17 Å². The van der Waals surface area contributed by atoms with Crippen LogP contribution in [0.4, 0.5) is 0 Å². The maximum Gasteiger partial charge on any atom is 0.189 e. The first-order valence-electron chi connectivity index (χ1n) is 5.74. The van der Waals surface area contributed by atoms with Gasteiger partial charge in [-0.3, -0.25) is 10.7 Å². The predicted molar refractivity (Wildman–Crippen MR) is 62.5 cm³/mol. The number of nitrogens with two attached hydrogens (primary N) is 1. The van der Waals surface area contributed by atoms with Crippen molar-refractivity contribution in [3.8, 4) is 0 Å². The van der Waals surface area contributed by atoms with E-state index in [0.29, 0.717) is 5.96 Å². The molecule has 88 valence electrons. The molecule has 3 unspecified atom stereocenters. The summed E-state index contributed by atoms with van der Waals surface area (Å²) < 4.78 is 0. The summed E-state index contributed by atoms with van der Waals surface area (Å²) in [4.78, 5) is 0. The lowest BCUT2D eigenvalue weighted by Crippen LogP contribution is -2.40. The van der Waals surface area contributed by atoms with Gasteiger partial charge in [0.1, 0.15) is 6.17 Å². The smallest absolute Gasteiger partial charge is 0.189 e. The second kappa shape index (κ2) is 5.92. The van der Waals surface area contributed by atoms with Crippen LogP contribution in [-0.4, -0.2) is 24.8 Å². The molecular weight excluding hydrogens is 190 g/mol. The fourth-order valence-corrected chi connectivity index (χ4v) is 1.57. The summed E-state index contributed by atoms with van der Waals surface area (Å²) in [5.41, 5.74) is 5.53. The zero-order valence-corrected chi connectivity index (χ0v) is 9.64. The maximum atomic E-state index is 7.58. The Bertz CT molecular complexity index is 206. The van der Waals surface area contributed by atoms with Crippen molar-refractivity contribution in [2.24, 2.45) is 11.7 Å². The van der Waals surface area contributed by atoms with Gasteiger partial charge < -0.3 is 16.4 Å². The first kappa shape index (κ1) is 12.3. The summed E-state index contributed by atoms with van der Waals surface area (Å²) in [7, 11) is 0. The van der Waals surface area contributed by atoms with Crippen molar-refractivity contribution >= 4 is 5.96 Å². The average molecular weight is 213 g/mol. The first-order valence-corrected chi connectivity index (χ1v) is 5.74. The molecule has 15 heavy (non-hydrogen) atoms. The molecule has 1 aliphatic rings. The van der Waals surface area contributed by atoms with E-state index >= 15 is 0 Å². The van der Waals surface area contributed by atoms with Gasteiger partial charge in [-0.05, 0) is 12.3 Å². The van der Waals surface area contributed by atoms with Crippen molar-refractivity contribution < 1.29 is 0 Å². The van der Waals surface area contributed by atoms with E-state index in [1.165, 1.54) is 12.8 Å². The zero-order chi connectivity index (χ0) is 11.3. The van der Waals surface area contributed by atoms with E-state index in [-0.39, 0.29) is 12.3 Å². The largest absolute Gasteiger partial charge is 0.357 e. The van der Waals surface area contributed by atoms with Crippen molar-refractivity contribution in [3.05, 3.63) is 0 Å². The second-order valence-electron chi connectivity index (χ2n) is 4.30. The molecule has 6 N–H and O–H groups in total. The Kier molecular flexibility index (Phi) is 4.84. The van der Waals surface area contributed by atoms with E-state index in [9.17, 15) is 0 Å². The lowest BCUT2D eigenvalue weighted by Gasteiger charge is -2.12. The van der Waals surface area contributed by atoms with Crippen molar-refractivity contribution in [1.82, 2.24) is 16.0 Å². The molecule has 1 saturated heterocycles. The highest BCUT2D eigenvalue weighted by Crippen LogP contribution is 2.08. The van der Waals surface area contributed by atoms with E-state index in [4.69, 9.17) is 11.1 Å². The standard InChI is InChI=1S/C10H23N5/c1-3-4-7(2)5-6-13-10(12)15-9-8(11)14-9/h7-9,14H,3-6,11H2,1-2H3,(H3,12,13,15). The summed E-state index contributed by atoms with van der Waals surface area (Å²) in [6, 6.07) is 0. The van der Waals surface area contributed by atoms with Gasteiger partial charge in [-0.2, -0.15) is 0 Å². The Morgan fingerprint density at radius 1 is 1.53 bits per heavy atom. The van der Waals surface area contributed by atoms with Crippen LogP contribution in [0.1, 0.15) is 33.1 Å². The Labute approximate surface area is 91.7 Å². The molecule has 5 nitrogen and oxygen atoms in total. The lowest BCUT2D eigenvalue weighted by atomic mass is 10.0. The molecule has 1 fully saturated rings. The van der Waals surface area contributed by atoms with Crippen molar-refractivity contribution in [1.29, 1.82) is 5.41 Å². The highest BCUT2D eigenvalue weighted by atomic mass is 15.4. The number of guanidine groups is 1. The molecule has 0 aliphatic carbocycles. The van der Waals surface area contributed by atoms with Crippen LogP contribution in [0.25, 0.3) is 0 Å². The van der Waals surface area contributed by atoms with Gasteiger partial charge >= 0.3 is 0 Å². The highest BCUT2D eigenvalue weighted by molar-refractivity contribution is 5.77. The molecular formula is C10H23N5. The second-order valence-corrected chi connectivity index (χ2v) is 4.30. The van der Waals surface area contributed by atoms with Gasteiger partial charge in [0.15, 0.2) is 5.96 Å². The highest BCUT2D eigenvalue weighted by Gasteiger charge is 2.32. The van der Waals surface area contributed by atoms with Crippen LogP contribution in [0, 0.1) is 11.3 Å². The Hall–Kier alpha value is -0.810. The molecule has 0 aromatic rings. The predicted octanol–water partition coefficient (Wildman–Crippen LogP) is 0.141. The number of rotatable bonds is 6. The summed E-state index contributed by atoms with van der Waals surface area (Å²) in [5, 5.41) is 16.5. The first-order chi connectivity index (χ1) is 7.13. The minimum atomic E-state index is 0.00571. The Morgan fingerprint density at radius 2 is 2.20 bits per heavy atom. The topological polar surface area (TPSA) is 95.9 Å². The van der Waals surface area contributed by atoms with E-state index in [1.807, 2.05) is 0 Å². The van der Waals surface area contributed by atoms with E-state index < -0.39 is 0 Å². The van der Waals surface area contributed by atoms with Crippen LogP contribution in [0.2, 0.25) is 0 Å². The van der Waals surface area contributed by atoms with Gasteiger partial charge in [0.25, 0.3) is 0 Å². The monoisotopic (exact) mass is 213 g/mol. The summed E-state index contributed by atoms with van der Waals surface area (Å²) >= 11 is 0. The summed E-state index contributed by atoms with van der Waals surface area (Å²) in [5.74, 6) is 1.10. The van der Waals surface area contributed by atoms with E-state index in [1.54, 1.807) is 0 Å². The third-order valence-corrected chi connectivity index (χ3v) is 2.64. The SMILES string of the molecule is CCCC(C)CCNC(=N)NC1NC1N. The minimum absolute atomic E-state index is 0.00571. The van der Waals surface area contributed by atoms with E-state index in [0.717, 1.165) is 18.9 Å². The minimum Gasteiger partial charge on any atom is -0.357 e. The number of hydrogen-bond donors (Lipinski definition) is 5. The fourth-order valence-electron chi connectivity index (χ4n) is 1.57. The quantitative estimate of drug-likeness (QED) is 0.246. The Morgan fingerprint density at radius 3 is 2.73 bits per heavy atom. The van der Waals surface area contributed by atoms with Crippen LogP contribution in [0.3, 0.4) is 0 Å². The Balaban J connectivity index is 1.97. The van der Waals surface area contributed by atoms with Crippen LogP contribution >= 0.6 is 0 Å². The molecule has 0 amide bonds. The third-order valence-electron chi connectivity index (χ3n) is 2.64. The summed E-state index contributed by atoms with van der Waals surface area (Å²) in [6.45, 7) is 5.31. The summed E-state index contributed by atoms with van der Waals surface area (Å²) in [6.07, 6.45) is 3.70.